The summed E-state index contributed by atoms with van der Waals surface area (Å²) in [6.07, 6.45) is 0.612. The van der Waals surface area contributed by atoms with Crippen LogP contribution in [0.2, 0.25) is 0 Å². The first-order chi connectivity index (χ1) is 7.17. The van der Waals surface area contributed by atoms with E-state index >= 15 is 0 Å². The van der Waals surface area contributed by atoms with Crippen molar-refractivity contribution in [1.82, 2.24) is 0 Å². The molecule has 0 radical (unpaired) electrons. The Hall–Kier alpha value is -1.12. The molecule has 0 aliphatic carbocycles. The summed E-state index contributed by atoms with van der Waals surface area (Å²) >= 11 is 0. The van der Waals surface area contributed by atoms with Crippen LogP contribution in [0.15, 0.2) is 18.2 Å². The fraction of sp³-hybridized carbons (Fsp3) is 0.400. The number of methoxy groups -OCH3 is 1. The number of benzene rings is 1. The van der Waals surface area contributed by atoms with Crippen molar-refractivity contribution in [3.05, 3.63) is 23.8 Å². The van der Waals surface area contributed by atoms with Gasteiger partial charge in [-0.2, -0.15) is 0 Å². The maximum atomic E-state index is 10.3. The zero-order valence-corrected chi connectivity index (χ0v) is 9.82. The average molecular weight is 228 g/mol. The van der Waals surface area contributed by atoms with Crippen LogP contribution >= 0.6 is 8.69 Å². The molecule has 1 rings (SSSR count). The van der Waals surface area contributed by atoms with E-state index in [0.29, 0.717) is 17.9 Å². The lowest BCUT2D eigenvalue weighted by atomic mass is 10.1. The summed E-state index contributed by atoms with van der Waals surface area (Å²) in [6, 6.07) is 5.56. The van der Waals surface area contributed by atoms with Crippen LogP contribution < -0.4 is 10.5 Å². The molecule has 0 aliphatic heterocycles. The highest BCUT2D eigenvalue weighted by Gasteiger charge is 2.09. The van der Waals surface area contributed by atoms with E-state index in [1.165, 1.54) is 0 Å². The van der Waals surface area contributed by atoms with Crippen LogP contribution in [0.1, 0.15) is 12.5 Å². The maximum absolute atomic E-state index is 10.3. The Bertz CT molecular complexity index is 343. The van der Waals surface area contributed by atoms with Gasteiger partial charge in [0.05, 0.1) is 12.8 Å². The zero-order chi connectivity index (χ0) is 11.3. The summed E-state index contributed by atoms with van der Waals surface area (Å²) in [5.74, 6) is 0.657. The number of rotatable bonds is 5. The molecule has 15 heavy (non-hydrogen) atoms. The molecule has 1 aromatic rings. The molecule has 0 aliphatic rings. The van der Waals surface area contributed by atoms with Crippen LogP contribution in [0.4, 0.5) is 5.69 Å². The third-order valence-electron chi connectivity index (χ3n) is 2.07. The Morgan fingerprint density at radius 2 is 2.27 bits per heavy atom. The molecule has 82 valence electrons. The van der Waals surface area contributed by atoms with E-state index < -0.39 is 8.69 Å². The quantitative estimate of drug-likeness (QED) is 0.619. The van der Waals surface area contributed by atoms with Crippen LogP contribution in [-0.2, 0) is 15.5 Å². The Balaban J connectivity index is 2.73. The molecule has 2 unspecified atom stereocenters. The van der Waals surface area contributed by atoms with Crippen molar-refractivity contribution in [3.8, 4) is 5.75 Å². The van der Waals surface area contributed by atoms with Gasteiger partial charge >= 0.3 is 8.69 Å². The number of hydrogen-bond acceptors (Lipinski definition) is 4. The Kier molecular flexibility index (Phi) is 4.53. The summed E-state index contributed by atoms with van der Waals surface area (Å²) in [7, 11) is 0.857. The van der Waals surface area contributed by atoms with E-state index in [1.54, 1.807) is 13.2 Å². The van der Waals surface area contributed by atoms with Gasteiger partial charge in [0, 0.05) is 6.42 Å². The molecule has 5 heteroatoms. The average Bonchev–Trinajstić information content (AvgIpc) is 2.21. The molecule has 0 bridgehead atoms. The van der Waals surface area contributed by atoms with Crippen molar-refractivity contribution in [1.29, 1.82) is 0 Å². The first-order valence-corrected chi connectivity index (χ1v) is 5.44. The molecule has 2 atom stereocenters. The summed E-state index contributed by atoms with van der Waals surface area (Å²) in [5.41, 5.74) is 7.34. The molecule has 0 amide bonds. The Labute approximate surface area is 90.7 Å². The topological polar surface area (TPSA) is 61.5 Å². The molecule has 4 nitrogen and oxygen atoms in total. The molecule has 0 saturated heterocycles. The van der Waals surface area contributed by atoms with E-state index in [4.69, 9.17) is 15.0 Å². The van der Waals surface area contributed by atoms with Crippen molar-refractivity contribution >= 4 is 14.4 Å². The lowest BCUT2D eigenvalue weighted by Crippen LogP contribution is -2.06. The Morgan fingerprint density at radius 3 is 2.87 bits per heavy atom. The van der Waals surface area contributed by atoms with Gasteiger partial charge in [0.25, 0.3) is 0 Å². The van der Waals surface area contributed by atoms with E-state index in [2.05, 4.69) is 0 Å². The van der Waals surface area contributed by atoms with Gasteiger partial charge < -0.3 is 10.5 Å². The predicted octanol–water partition coefficient (Wildman–Crippen LogP) is 2.16. The normalized spacial score (nSPS) is 12.7. The monoisotopic (exact) mass is 228 g/mol. The molecule has 0 aromatic heterocycles. The zero-order valence-electron chi connectivity index (χ0n) is 8.82. The van der Waals surface area contributed by atoms with Crippen molar-refractivity contribution < 1.29 is 13.8 Å². The van der Waals surface area contributed by atoms with Crippen molar-refractivity contribution in [2.24, 2.45) is 0 Å². The second-order valence-corrected chi connectivity index (χ2v) is 3.69. The summed E-state index contributed by atoms with van der Waals surface area (Å²) in [6.45, 7) is 1.87. The highest BCUT2D eigenvalue weighted by molar-refractivity contribution is 7.17. The van der Waals surface area contributed by atoms with Crippen LogP contribution in [-0.4, -0.2) is 13.2 Å². The van der Waals surface area contributed by atoms with Crippen LogP contribution in [0.3, 0.4) is 0 Å². The molecule has 0 heterocycles. The first kappa shape index (κ1) is 12.0. The lowest BCUT2D eigenvalue weighted by molar-refractivity contribution is 0.245. The maximum Gasteiger partial charge on any atom is 0.494 e. The van der Waals surface area contributed by atoms with Gasteiger partial charge in [-0.05, 0) is 29.2 Å². The molecule has 2 N–H and O–H groups in total. The number of nitrogen functional groups attached to an aromatic ring is 1. The number of nitrogens with two attached hydrogens (primary N) is 1. The molecular formula is C10H15NO3P+. The smallest absolute Gasteiger partial charge is 0.494 e. The summed E-state index contributed by atoms with van der Waals surface area (Å²) in [4.78, 5) is 0. The Morgan fingerprint density at radius 1 is 1.53 bits per heavy atom. The number of ether oxygens (including phenoxy) is 1. The van der Waals surface area contributed by atoms with Crippen LogP contribution in [0.25, 0.3) is 0 Å². The summed E-state index contributed by atoms with van der Waals surface area (Å²) in [5, 5.41) is 0. The minimum absolute atomic E-state index is 0.0748. The highest BCUT2D eigenvalue weighted by Crippen LogP contribution is 2.23. The van der Waals surface area contributed by atoms with Crippen LogP contribution in [0, 0.1) is 0 Å². The van der Waals surface area contributed by atoms with Crippen molar-refractivity contribution in [2.75, 3.05) is 12.8 Å². The number of hydrogen-bond donors (Lipinski definition) is 1. The first-order valence-electron chi connectivity index (χ1n) is 4.62. The van der Waals surface area contributed by atoms with Crippen molar-refractivity contribution in [2.45, 2.75) is 19.4 Å². The van der Waals surface area contributed by atoms with E-state index in [1.807, 2.05) is 19.1 Å². The second kappa shape index (κ2) is 5.69. The fourth-order valence-electron chi connectivity index (χ4n) is 1.34. The third-order valence-corrected chi connectivity index (χ3v) is 2.57. The van der Waals surface area contributed by atoms with E-state index in [-0.39, 0.29) is 6.10 Å². The van der Waals surface area contributed by atoms with Gasteiger partial charge in [-0.1, -0.05) is 6.07 Å². The molecule has 1 aromatic carbocycles. The SMILES string of the molecule is COc1cc(CC(C)O[PH+]=O)ccc1N. The van der Waals surface area contributed by atoms with Gasteiger partial charge in [-0.25, -0.2) is 0 Å². The minimum Gasteiger partial charge on any atom is -0.495 e. The predicted molar refractivity (Wildman–Crippen MR) is 60.7 cm³/mol. The lowest BCUT2D eigenvalue weighted by Gasteiger charge is -2.08. The van der Waals surface area contributed by atoms with Crippen LogP contribution in [0.5, 0.6) is 5.75 Å². The van der Waals surface area contributed by atoms with E-state index in [0.717, 1.165) is 5.56 Å². The molecular weight excluding hydrogens is 213 g/mol. The third kappa shape index (κ3) is 3.50. The summed E-state index contributed by atoms with van der Waals surface area (Å²) < 4.78 is 20.3. The van der Waals surface area contributed by atoms with Gasteiger partial charge in [-0.15, -0.1) is 4.52 Å². The molecule has 0 saturated carbocycles. The fourth-order valence-corrected chi connectivity index (χ4v) is 1.59. The number of anilines is 1. The largest absolute Gasteiger partial charge is 0.495 e. The molecule has 0 fully saturated rings. The van der Waals surface area contributed by atoms with Gasteiger partial charge in [0.15, 0.2) is 0 Å². The minimum atomic E-state index is -0.721. The second-order valence-electron chi connectivity index (χ2n) is 3.29. The van der Waals surface area contributed by atoms with E-state index in [9.17, 15) is 4.57 Å². The highest BCUT2D eigenvalue weighted by atomic mass is 31.1. The molecule has 0 spiro atoms. The standard InChI is InChI=1S/C10H15NO3P/c1-7(14-15-12)5-8-3-4-9(11)10(6-8)13-2/h3-4,6-7,15H,5,11H2,1-2H3/q+1. The van der Waals surface area contributed by atoms with Gasteiger partial charge in [0.1, 0.15) is 11.9 Å². The van der Waals surface area contributed by atoms with Gasteiger partial charge in [0.2, 0.25) is 0 Å². The van der Waals surface area contributed by atoms with Gasteiger partial charge in [-0.3, -0.25) is 0 Å². The van der Waals surface area contributed by atoms with Crippen molar-refractivity contribution in [3.63, 3.8) is 0 Å².